The SMILES string of the molecule is CCC(C)N(CC)c1nnc(C)c(C)c1C(=N)N. The lowest BCUT2D eigenvalue weighted by atomic mass is 10.1. The Hall–Kier alpha value is -1.65. The summed E-state index contributed by atoms with van der Waals surface area (Å²) in [6.45, 7) is 11.0. The third-order valence-electron chi connectivity index (χ3n) is 3.44. The lowest BCUT2D eigenvalue weighted by molar-refractivity contribution is 0.617. The number of aryl methyl sites for hydroxylation is 1. The van der Waals surface area contributed by atoms with E-state index >= 15 is 0 Å². The molecule has 0 saturated carbocycles. The summed E-state index contributed by atoms with van der Waals surface area (Å²) in [7, 11) is 0. The molecule has 0 amide bonds. The van der Waals surface area contributed by atoms with E-state index in [0.717, 1.165) is 30.0 Å². The highest BCUT2D eigenvalue weighted by atomic mass is 15.3. The van der Waals surface area contributed by atoms with Crippen LogP contribution >= 0.6 is 0 Å². The highest BCUT2D eigenvalue weighted by molar-refractivity contribution is 6.01. The van der Waals surface area contributed by atoms with Gasteiger partial charge >= 0.3 is 0 Å². The minimum absolute atomic E-state index is 0.0576. The zero-order chi connectivity index (χ0) is 13.9. The van der Waals surface area contributed by atoms with Crippen molar-refractivity contribution in [2.45, 2.75) is 47.1 Å². The van der Waals surface area contributed by atoms with Gasteiger partial charge in [0.15, 0.2) is 5.82 Å². The normalized spacial score (nSPS) is 12.3. The number of nitrogens with zero attached hydrogens (tertiary/aromatic N) is 3. The van der Waals surface area contributed by atoms with Crippen LogP contribution in [-0.4, -0.2) is 28.6 Å². The van der Waals surface area contributed by atoms with E-state index in [1.165, 1.54) is 0 Å². The van der Waals surface area contributed by atoms with Crippen molar-refractivity contribution in [2.24, 2.45) is 5.73 Å². The molecule has 0 saturated heterocycles. The number of hydrogen-bond acceptors (Lipinski definition) is 4. The van der Waals surface area contributed by atoms with Crippen molar-refractivity contribution in [3.8, 4) is 0 Å². The molecule has 100 valence electrons. The van der Waals surface area contributed by atoms with Crippen molar-refractivity contribution < 1.29 is 0 Å². The molecule has 1 heterocycles. The minimum Gasteiger partial charge on any atom is -0.384 e. The van der Waals surface area contributed by atoms with Gasteiger partial charge in [-0.05, 0) is 39.7 Å². The zero-order valence-corrected chi connectivity index (χ0v) is 11.9. The van der Waals surface area contributed by atoms with E-state index in [1.54, 1.807) is 0 Å². The largest absolute Gasteiger partial charge is 0.384 e. The Kier molecular flexibility index (Phi) is 4.64. The van der Waals surface area contributed by atoms with Crippen LogP contribution in [0.3, 0.4) is 0 Å². The van der Waals surface area contributed by atoms with Crippen LogP contribution in [0.25, 0.3) is 0 Å². The summed E-state index contributed by atoms with van der Waals surface area (Å²) in [5.41, 5.74) is 8.18. The van der Waals surface area contributed by atoms with Crippen LogP contribution < -0.4 is 10.6 Å². The first-order valence-electron chi connectivity index (χ1n) is 6.38. The Labute approximate surface area is 109 Å². The van der Waals surface area contributed by atoms with Crippen LogP contribution in [0.1, 0.15) is 44.0 Å². The standard InChI is InChI=1S/C13H23N5/c1-6-8(3)18(7-2)13-11(12(14)15)9(4)10(5)16-17-13/h8H,6-7H2,1-5H3,(H3,14,15). The van der Waals surface area contributed by atoms with Gasteiger partial charge in [0.05, 0.1) is 11.3 Å². The van der Waals surface area contributed by atoms with Gasteiger partial charge in [-0.2, -0.15) is 5.10 Å². The van der Waals surface area contributed by atoms with Crippen LogP contribution in [-0.2, 0) is 0 Å². The smallest absolute Gasteiger partial charge is 0.162 e. The number of nitrogens with one attached hydrogen (secondary N) is 1. The quantitative estimate of drug-likeness (QED) is 0.618. The van der Waals surface area contributed by atoms with Gasteiger partial charge in [-0.1, -0.05) is 6.92 Å². The van der Waals surface area contributed by atoms with Gasteiger partial charge in [-0.25, -0.2) is 0 Å². The van der Waals surface area contributed by atoms with Crippen LogP contribution in [0.15, 0.2) is 0 Å². The maximum absolute atomic E-state index is 7.76. The third-order valence-corrected chi connectivity index (χ3v) is 3.44. The van der Waals surface area contributed by atoms with Gasteiger partial charge in [0.25, 0.3) is 0 Å². The summed E-state index contributed by atoms with van der Waals surface area (Å²) in [6.07, 6.45) is 1.01. The first-order chi connectivity index (χ1) is 8.43. The van der Waals surface area contributed by atoms with E-state index in [9.17, 15) is 0 Å². The Bertz CT molecular complexity index is 441. The fourth-order valence-electron chi connectivity index (χ4n) is 2.01. The first kappa shape index (κ1) is 14.4. The van der Waals surface area contributed by atoms with Crippen molar-refractivity contribution in [1.29, 1.82) is 5.41 Å². The second kappa shape index (κ2) is 5.80. The van der Waals surface area contributed by atoms with E-state index in [0.29, 0.717) is 11.6 Å². The predicted molar refractivity (Wildman–Crippen MR) is 75.3 cm³/mol. The van der Waals surface area contributed by atoms with Crippen molar-refractivity contribution in [2.75, 3.05) is 11.4 Å². The maximum atomic E-state index is 7.76. The minimum atomic E-state index is 0.0576. The average Bonchev–Trinajstić information content (AvgIpc) is 2.33. The number of rotatable bonds is 5. The summed E-state index contributed by atoms with van der Waals surface area (Å²) in [5.74, 6) is 0.782. The highest BCUT2D eigenvalue weighted by Gasteiger charge is 2.21. The molecule has 0 aliphatic carbocycles. The summed E-state index contributed by atoms with van der Waals surface area (Å²) in [5, 5.41) is 16.2. The third kappa shape index (κ3) is 2.60. The molecule has 0 bridgehead atoms. The summed E-state index contributed by atoms with van der Waals surface area (Å²) >= 11 is 0. The van der Waals surface area contributed by atoms with E-state index in [-0.39, 0.29) is 5.84 Å². The van der Waals surface area contributed by atoms with E-state index in [2.05, 4.69) is 35.9 Å². The number of nitrogens with two attached hydrogens (primary N) is 1. The Balaban J connectivity index is 3.39. The van der Waals surface area contributed by atoms with E-state index in [4.69, 9.17) is 11.1 Å². The molecule has 0 aliphatic rings. The molecule has 0 radical (unpaired) electrons. The molecule has 5 nitrogen and oxygen atoms in total. The van der Waals surface area contributed by atoms with Gasteiger partial charge < -0.3 is 10.6 Å². The van der Waals surface area contributed by atoms with Gasteiger partial charge in [0.2, 0.25) is 0 Å². The second-order valence-electron chi connectivity index (χ2n) is 4.57. The topological polar surface area (TPSA) is 78.9 Å². The summed E-state index contributed by atoms with van der Waals surface area (Å²) in [4.78, 5) is 2.15. The van der Waals surface area contributed by atoms with Gasteiger partial charge in [-0.15, -0.1) is 5.10 Å². The van der Waals surface area contributed by atoms with Crippen LogP contribution in [0, 0.1) is 19.3 Å². The molecule has 0 fully saturated rings. The predicted octanol–water partition coefficient (Wildman–Crippen LogP) is 2.00. The Morgan fingerprint density at radius 1 is 1.33 bits per heavy atom. The molecule has 1 aromatic heterocycles. The van der Waals surface area contributed by atoms with E-state index < -0.39 is 0 Å². The average molecular weight is 249 g/mol. The number of hydrogen-bond donors (Lipinski definition) is 2. The monoisotopic (exact) mass is 249 g/mol. The van der Waals surface area contributed by atoms with E-state index in [1.807, 2.05) is 13.8 Å². The fraction of sp³-hybridized carbons (Fsp3) is 0.615. The zero-order valence-electron chi connectivity index (χ0n) is 11.9. The second-order valence-corrected chi connectivity index (χ2v) is 4.57. The Morgan fingerprint density at radius 3 is 2.39 bits per heavy atom. The van der Waals surface area contributed by atoms with Crippen LogP contribution in [0.5, 0.6) is 0 Å². The molecule has 18 heavy (non-hydrogen) atoms. The highest BCUT2D eigenvalue weighted by Crippen LogP contribution is 2.23. The molecule has 1 aromatic rings. The van der Waals surface area contributed by atoms with Crippen molar-refractivity contribution >= 4 is 11.7 Å². The molecule has 1 atom stereocenters. The van der Waals surface area contributed by atoms with Crippen LogP contribution in [0.4, 0.5) is 5.82 Å². The Morgan fingerprint density at radius 2 is 1.94 bits per heavy atom. The first-order valence-corrected chi connectivity index (χ1v) is 6.38. The van der Waals surface area contributed by atoms with Crippen molar-refractivity contribution in [3.63, 3.8) is 0 Å². The summed E-state index contributed by atoms with van der Waals surface area (Å²) < 4.78 is 0. The molecule has 0 spiro atoms. The molecule has 3 N–H and O–H groups in total. The lowest BCUT2D eigenvalue weighted by Crippen LogP contribution is -2.35. The number of anilines is 1. The molecule has 0 aromatic carbocycles. The van der Waals surface area contributed by atoms with Crippen molar-refractivity contribution in [1.82, 2.24) is 10.2 Å². The molecule has 1 rings (SSSR count). The molecular weight excluding hydrogens is 226 g/mol. The fourth-order valence-corrected chi connectivity index (χ4v) is 2.01. The maximum Gasteiger partial charge on any atom is 0.162 e. The number of nitrogen functional groups attached to an aromatic ring is 1. The van der Waals surface area contributed by atoms with Gasteiger partial charge in [-0.3, -0.25) is 5.41 Å². The van der Waals surface area contributed by atoms with Gasteiger partial charge in [0.1, 0.15) is 5.84 Å². The molecule has 1 unspecified atom stereocenters. The van der Waals surface area contributed by atoms with Gasteiger partial charge in [0, 0.05) is 12.6 Å². The lowest BCUT2D eigenvalue weighted by Gasteiger charge is -2.30. The molecule has 5 heteroatoms. The summed E-state index contributed by atoms with van der Waals surface area (Å²) in [6, 6.07) is 0.351. The number of aromatic nitrogens is 2. The molecular formula is C13H23N5. The van der Waals surface area contributed by atoms with Crippen LogP contribution in [0.2, 0.25) is 0 Å². The molecule has 0 aliphatic heterocycles. The van der Waals surface area contributed by atoms with Crippen molar-refractivity contribution in [3.05, 3.63) is 16.8 Å². The number of amidine groups is 1.